The summed E-state index contributed by atoms with van der Waals surface area (Å²) in [5.74, 6) is 0. The molecule has 2 atom stereocenters. The van der Waals surface area contributed by atoms with E-state index in [9.17, 15) is 4.79 Å². The predicted octanol–water partition coefficient (Wildman–Crippen LogP) is 2.20. The molecule has 2 N–H and O–H groups in total. The molecule has 0 saturated heterocycles. The molecule has 1 aliphatic heterocycles. The Morgan fingerprint density at radius 3 is 3.00 bits per heavy atom. The van der Waals surface area contributed by atoms with Gasteiger partial charge in [0.05, 0.1) is 23.3 Å². The maximum atomic E-state index is 12.0. The van der Waals surface area contributed by atoms with Crippen molar-refractivity contribution in [3.05, 3.63) is 42.4 Å². The fraction of sp³-hybridized carbons (Fsp3) is 0.353. The molecule has 2 aliphatic rings. The number of hydrazine groups is 1. The van der Waals surface area contributed by atoms with E-state index < -0.39 is 6.03 Å². The van der Waals surface area contributed by atoms with Crippen LogP contribution in [0.1, 0.15) is 19.3 Å². The minimum Gasteiger partial charge on any atom is -0.381 e. The Labute approximate surface area is 139 Å². The number of nitrogens with zero attached hydrogens (tertiary/aromatic N) is 4. The molecule has 1 saturated carbocycles. The van der Waals surface area contributed by atoms with Gasteiger partial charge in [0, 0.05) is 25.7 Å². The number of hydrogen-bond donors (Lipinski definition) is 1. The number of nitrogens with two attached hydrogens (primary N) is 1. The Bertz CT molecular complexity index is 816. The quantitative estimate of drug-likeness (QED) is 0.915. The van der Waals surface area contributed by atoms with E-state index in [2.05, 4.69) is 9.97 Å². The van der Waals surface area contributed by atoms with Gasteiger partial charge in [-0.25, -0.2) is 9.80 Å². The second-order valence-electron chi connectivity index (χ2n) is 6.08. The summed E-state index contributed by atoms with van der Waals surface area (Å²) in [7, 11) is 1.73. The lowest BCUT2D eigenvalue weighted by Crippen LogP contribution is -2.49. The normalized spacial score (nSPS) is 23.3. The van der Waals surface area contributed by atoms with E-state index in [4.69, 9.17) is 10.5 Å². The highest BCUT2D eigenvalue weighted by Gasteiger charge is 2.40. The van der Waals surface area contributed by atoms with Gasteiger partial charge < -0.3 is 10.5 Å². The third-order valence-corrected chi connectivity index (χ3v) is 4.77. The van der Waals surface area contributed by atoms with Crippen molar-refractivity contribution < 1.29 is 9.53 Å². The van der Waals surface area contributed by atoms with E-state index in [0.717, 1.165) is 36.0 Å². The van der Waals surface area contributed by atoms with Crippen molar-refractivity contribution in [3.8, 4) is 0 Å². The molecule has 1 fully saturated rings. The summed E-state index contributed by atoms with van der Waals surface area (Å²) >= 11 is 0. The molecule has 0 aromatic carbocycles. The number of hydrogen-bond acceptors (Lipinski definition) is 5. The number of fused-ring (bicyclic) bond motifs is 2. The highest BCUT2D eigenvalue weighted by molar-refractivity contribution is 5.90. The number of carbonyl (C=O) groups is 1. The first-order valence-corrected chi connectivity index (χ1v) is 8.00. The van der Waals surface area contributed by atoms with Crippen LogP contribution in [0.4, 0.5) is 10.5 Å². The molecule has 24 heavy (non-hydrogen) atoms. The number of aromatic nitrogens is 2. The van der Waals surface area contributed by atoms with Crippen LogP contribution in [0.25, 0.3) is 11.0 Å². The molecule has 0 bridgehead atoms. The fourth-order valence-electron chi connectivity index (χ4n) is 3.61. The summed E-state index contributed by atoms with van der Waals surface area (Å²) in [5.41, 5.74) is 9.18. The van der Waals surface area contributed by atoms with Crippen LogP contribution in [-0.4, -0.2) is 40.3 Å². The first kappa shape index (κ1) is 14.9. The Hall–Kier alpha value is -2.67. The largest absolute Gasteiger partial charge is 0.381 e. The fourth-order valence-corrected chi connectivity index (χ4v) is 3.61. The summed E-state index contributed by atoms with van der Waals surface area (Å²) in [6.45, 7) is 0. The lowest BCUT2D eigenvalue weighted by Gasteiger charge is -2.37. The third kappa shape index (κ3) is 2.28. The zero-order chi connectivity index (χ0) is 16.7. The van der Waals surface area contributed by atoms with E-state index in [1.807, 2.05) is 29.4 Å². The summed E-state index contributed by atoms with van der Waals surface area (Å²) in [6.07, 6.45) is 8.13. The van der Waals surface area contributed by atoms with Gasteiger partial charge in [0.1, 0.15) is 5.52 Å². The van der Waals surface area contributed by atoms with Gasteiger partial charge in [-0.05, 0) is 43.0 Å². The van der Waals surface area contributed by atoms with Crippen molar-refractivity contribution in [2.75, 3.05) is 12.1 Å². The Morgan fingerprint density at radius 1 is 1.33 bits per heavy atom. The van der Waals surface area contributed by atoms with Crippen molar-refractivity contribution in [1.82, 2.24) is 15.0 Å². The number of ether oxygens (including phenoxy) is 1. The number of anilines is 1. The molecule has 7 nitrogen and oxygen atoms in total. The minimum atomic E-state index is -0.508. The monoisotopic (exact) mass is 325 g/mol. The number of urea groups is 1. The Morgan fingerprint density at radius 2 is 2.21 bits per heavy atom. The van der Waals surface area contributed by atoms with Gasteiger partial charge in [-0.3, -0.25) is 15.0 Å². The van der Waals surface area contributed by atoms with Crippen molar-refractivity contribution >= 4 is 22.8 Å². The topological polar surface area (TPSA) is 84.6 Å². The average Bonchev–Trinajstić information content (AvgIpc) is 3.00. The average molecular weight is 325 g/mol. The predicted molar refractivity (Wildman–Crippen MR) is 90.0 cm³/mol. The van der Waals surface area contributed by atoms with Crippen molar-refractivity contribution in [2.24, 2.45) is 5.73 Å². The first-order valence-electron chi connectivity index (χ1n) is 8.00. The van der Waals surface area contributed by atoms with Crippen molar-refractivity contribution in [3.63, 3.8) is 0 Å². The number of primary amides is 1. The van der Waals surface area contributed by atoms with Crippen LogP contribution in [0.3, 0.4) is 0 Å². The van der Waals surface area contributed by atoms with E-state index >= 15 is 0 Å². The molecule has 2 unspecified atom stereocenters. The number of amides is 2. The number of methoxy groups -OCH3 is 1. The van der Waals surface area contributed by atoms with Gasteiger partial charge in [0.2, 0.25) is 0 Å². The summed E-state index contributed by atoms with van der Waals surface area (Å²) in [5, 5.41) is 3.42. The third-order valence-electron chi connectivity index (χ3n) is 4.77. The van der Waals surface area contributed by atoms with Crippen LogP contribution in [-0.2, 0) is 4.74 Å². The second kappa shape index (κ2) is 5.76. The number of pyridine rings is 2. The summed E-state index contributed by atoms with van der Waals surface area (Å²) in [4.78, 5) is 20.8. The zero-order valence-corrected chi connectivity index (χ0v) is 13.4. The molecule has 0 spiro atoms. The summed E-state index contributed by atoms with van der Waals surface area (Å²) in [6, 6.07) is 5.16. The highest BCUT2D eigenvalue weighted by atomic mass is 16.5. The van der Waals surface area contributed by atoms with E-state index in [0.29, 0.717) is 0 Å². The van der Waals surface area contributed by atoms with Gasteiger partial charge in [0.15, 0.2) is 0 Å². The molecular formula is C17H19N5O2. The van der Waals surface area contributed by atoms with E-state index in [1.165, 1.54) is 10.6 Å². The van der Waals surface area contributed by atoms with Gasteiger partial charge in [-0.2, -0.15) is 0 Å². The van der Waals surface area contributed by atoms with E-state index in [-0.39, 0.29) is 12.1 Å². The second-order valence-corrected chi connectivity index (χ2v) is 6.08. The minimum absolute atomic E-state index is 0.0452. The Kier molecular flexibility index (Phi) is 3.57. The van der Waals surface area contributed by atoms with Crippen LogP contribution >= 0.6 is 0 Å². The van der Waals surface area contributed by atoms with Crippen LogP contribution in [0.5, 0.6) is 0 Å². The standard InChI is InChI=1S/C17H19N5O2/c1-24-12-5-4-11-10-21(17(18)23)22(15(11)9-12)14-6-8-19-13-3-2-7-20-16(13)14/h2-3,6-8,10,12,15H,4-5,9H2,1H3,(H2,18,23). The van der Waals surface area contributed by atoms with Crippen LogP contribution in [0.2, 0.25) is 0 Å². The molecule has 2 amide bonds. The van der Waals surface area contributed by atoms with Crippen LogP contribution in [0, 0.1) is 0 Å². The van der Waals surface area contributed by atoms with Gasteiger partial charge in [-0.1, -0.05) is 0 Å². The van der Waals surface area contributed by atoms with Gasteiger partial charge >= 0.3 is 6.03 Å². The lowest BCUT2D eigenvalue weighted by molar-refractivity contribution is 0.0737. The molecule has 7 heteroatoms. The molecule has 124 valence electrons. The van der Waals surface area contributed by atoms with Gasteiger partial charge in [-0.15, -0.1) is 0 Å². The maximum absolute atomic E-state index is 12.0. The molecule has 3 heterocycles. The molecule has 4 rings (SSSR count). The summed E-state index contributed by atoms with van der Waals surface area (Å²) < 4.78 is 5.55. The smallest absolute Gasteiger partial charge is 0.337 e. The zero-order valence-electron chi connectivity index (χ0n) is 13.4. The SMILES string of the molecule is COC1CCC2=CN(C(N)=O)N(c3ccnc4cccnc34)C2C1. The van der Waals surface area contributed by atoms with Crippen LogP contribution < -0.4 is 10.7 Å². The lowest BCUT2D eigenvalue weighted by atomic mass is 9.88. The molecule has 1 aliphatic carbocycles. The molecular weight excluding hydrogens is 306 g/mol. The molecule has 0 radical (unpaired) electrons. The number of rotatable bonds is 2. The van der Waals surface area contributed by atoms with Crippen molar-refractivity contribution in [2.45, 2.75) is 31.4 Å². The Balaban J connectivity index is 1.82. The maximum Gasteiger partial charge on any atom is 0.337 e. The first-order chi connectivity index (χ1) is 11.7. The molecule has 2 aromatic rings. The molecule has 2 aromatic heterocycles. The van der Waals surface area contributed by atoms with Crippen molar-refractivity contribution in [1.29, 1.82) is 0 Å². The van der Waals surface area contributed by atoms with Gasteiger partial charge in [0.25, 0.3) is 0 Å². The van der Waals surface area contributed by atoms with E-state index in [1.54, 1.807) is 19.5 Å². The highest BCUT2D eigenvalue weighted by Crippen LogP contribution is 2.39. The van der Waals surface area contributed by atoms with Crippen LogP contribution in [0.15, 0.2) is 42.4 Å². The number of carbonyl (C=O) groups excluding carboxylic acids is 1.